The van der Waals surface area contributed by atoms with E-state index < -0.39 is 18.6 Å². The second-order valence-electron chi connectivity index (χ2n) is 6.09. The average Bonchev–Trinajstić information content (AvgIpc) is 2.89. The van der Waals surface area contributed by atoms with Gasteiger partial charge in [-0.2, -0.15) is 17.6 Å². The van der Waals surface area contributed by atoms with E-state index in [0.717, 1.165) is 31.6 Å². The van der Waals surface area contributed by atoms with Gasteiger partial charge in [-0.3, -0.25) is 0 Å². The van der Waals surface area contributed by atoms with E-state index in [1.165, 1.54) is 25.0 Å². The van der Waals surface area contributed by atoms with Crippen LogP contribution in [0.2, 0.25) is 0 Å². The molecule has 23 heavy (non-hydrogen) atoms. The molecule has 0 spiro atoms. The van der Waals surface area contributed by atoms with Gasteiger partial charge in [0.25, 0.3) is 0 Å². The van der Waals surface area contributed by atoms with Crippen molar-refractivity contribution in [3.63, 3.8) is 0 Å². The van der Waals surface area contributed by atoms with Crippen molar-refractivity contribution in [1.82, 2.24) is 4.90 Å². The summed E-state index contributed by atoms with van der Waals surface area (Å²) in [6.07, 6.45) is -5.71. The number of rotatable bonds is 4. The number of nitrogens with zero attached hydrogens (tertiary/aromatic N) is 1. The molecule has 3 nitrogen and oxygen atoms in total. The van der Waals surface area contributed by atoms with Gasteiger partial charge in [-0.15, -0.1) is 0 Å². The molecule has 0 amide bonds. The van der Waals surface area contributed by atoms with Crippen molar-refractivity contribution in [2.45, 2.75) is 44.3 Å². The van der Waals surface area contributed by atoms with Gasteiger partial charge < -0.3 is 14.4 Å². The summed E-state index contributed by atoms with van der Waals surface area (Å²) >= 11 is 0. The van der Waals surface area contributed by atoms with E-state index in [1.54, 1.807) is 6.07 Å². The highest BCUT2D eigenvalue weighted by Gasteiger charge is 2.50. The molecule has 0 radical (unpaired) electrons. The van der Waals surface area contributed by atoms with Crippen LogP contribution in [-0.4, -0.2) is 36.8 Å². The van der Waals surface area contributed by atoms with Gasteiger partial charge in [-0.05, 0) is 63.0 Å². The molecule has 0 saturated carbocycles. The molecule has 2 heterocycles. The van der Waals surface area contributed by atoms with E-state index in [1.807, 2.05) is 0 Å². The summed E-state index contributed by atoms with van der Waals surface area (Å²) in [5.41, 5.74) is 0.771. The number of benzene rings is 1. The molecule has 0 N–H and O–H groups in total. The van der Waals surface area contributed by atoms with Gasteiger partial charge >= 0.3 is 12.2 Å². The summed E-state index contributed by atoms with van der Waals surface area (Å²) in [5.74, 6) is -0.679. The molecule has 3 rings (SSSR count). The van der Waals surface area contributed by atoms with Crippen molar-refractivity contribution in [2.75, 3.05) is 19.6 Å². The van der Waals surface area contributed by atoms with Crippen LogP contribution in [0.1, 0.15) is 31.2 Å². The molecule has 1 fully saturated rings. The minimum Gasteiger partial charge on any atom is -0.428 e. The maximum absolute atomic E-state index is 13.4. The maximum Gasteiger partial charge on any atom is 0.407 e. The lowest BCUT2D eigenvalue weighted by Gasteiger charge is -2.17. The van der Waals surface area contributed by atoms with E-state index >= 15 is 0 Å². The van der Waals surface area contributed by atoms with Crippen molar-refractivity contribution < 1.29 is 27.0 Å². The number of hydrogen-bond acceptors (Lipinski definition) is 3. The van der Waals surface area contributed by atoms with Gasteiger partial charge in [0.1, 0.15) is 0 Å². The van der Waals surface area contributed by atoms with Crippen molar-refractivity contribution in [2.24, 2.45) is 0 Å². The molecule has 1 aromatic carbocycles. The largest absolute Gasteiger partial charge is 0.428 e. The third-order valence-corrected chi connectivity index (χ3v) is 4.08. The number of halogens is 4. The Bertz CT molecular complexity index is 559. The Morgan fingerprint density at radius 3 is 2.30 bits per heavy atom. The molecule has 1 aromatic rings. The van der Waals surface area contributed by atoms with E-state index in [9.17, 15) is 17.6 Å². The fraction of sp³-hybridized carbons (Fsp3) is 0.625. The second kappa shape index (κ2) is 6.19. The summed E-state index contributed by atoms with van der Waals surface area (Å²) < 4.78 is 62.4. The Kier molecular flexibility index (Phi) is 4.40. The summed E-state index contributed by atoms with van der Waals surface area (Å²) in [5, 5.41) is 0. The molecule has 0 unspecified atom stereocenters. The van der Waals surface area contributed by atoms with Crippen LogP contribution in [0, 0.1) is 0 Å². The van der Waals surface area contributed by atoms with Crippen LogP contribution in [0.15, 0.2) is 18.2 Å². The molecule has 128 valence electrons. The van der Waals surface area contributed by atoms with E-state index in [0.29, 0.717) is 6.42 Å². The van der Waals surface area contributed by atoms with Crippen LogP contribution in [0.25, 0.3) is 0 Å². The minimum absolute atomic E-state index is 0.328. The number of hydrogen-bond donors (Lipinski definition) is 0. The first-order chi connectivity index (χ1) is 10.8. The van der Waals surface area contributed by atoms with Gasteiger partial charge in [0, 0.05) is 0 Å². The highest BCUT2D eigenvalue weighted by atomic mass is 19.3. The molecular formula is C16H19F4NO2. The first-order valence-corrected chi connectivity index (χ1v) is 7.82. The van der Waals surface area contributed by atoms with Crippen LogP contribution >= 0.6 is 0 Å². The molecule has 0 bridgehead atoms. The van der Waals surface area contributed by atoms with Crippen molar-refractivity contribution in [3.05, 3.63) is 23.8 Å². The SMILES string of the molecule is FC1(F)CC(F)(F)Oc2cc(CCCN3CCCC3)ccc2O1. The van der Waals surface area contributed by atoms with Crippen molar-refractivity contribution in [1.29, 1.82) is 0 Å². The zero-order chi connectivity index (χ0) is 16.5. The van der Waals surface area contributed by atoms with Crippen LogP contribution in [0.3, 0.4) is 0 Å². The second-order valence-corrected chi connectivity index (χ2v) is 6.09. The molecule has 0 atom stereocenters. The number of alkyl halides is 4. The zero-order valence-corrected chi connectivity index (χ0v) is 12.7. The van der Waals surface area contributed by atoms with Crippen LogP contribution < -0.4 is 9.47 Å². The molecule has 0 aliphatic carbocycles. The highest BCUT2D eigenvalue weighted by Crippen LogP contribution is 2.43. The minimum atomic E-state index is -3.96. The van der Waals surface area contributed by atoms with Gasteiger partial charge in [0.15, 0.2) is 17.9 Å². The molecule has 7 heteroatoms. The predicted molar refractivity (Wildman–Crippen MR) is 76.2 cm³/mol. The lowest BCUT2D eigenvalue weighted by atomic mass is 10.1. The van der Waals surface area contributed by atoms with E-state index in [2.05, 4.69) is 14.4 Å². The Hall–Kier alpha value is -1.50. The first kappa shape index (κ1) is 16.4. The highest BCUT2D eigenvalue weighted by molar-refractivity contribution is 5.44. The summed E-state index contributed by atoms with van der Waals surface area (Å²) in [6, 6.07) is 4.26. The summed E-state index contributed by atoms with van der Waals surface area (Å²) in [4.78, 5) is 2.36. The number of likely N-dealkylation sites (tertiary alicyclic amines) is 1. The Balaban J connectivity index is 1.67. The lowest BCUT2D eigenvalue weighted by molar-refractivity contribution is -0.260. The number of ether oxygens (including phenoxy) is 2. The predicted octanol–water partition coefficient (Wildman–Crippen LogP) is 4.06. The average molecular weight is 333 g/mol. The van der Waals surface area contributed by atoms with Gasteiger partial charge in [0.05, 0.1) is 0 Å². The Morgan fingerprint density at radius 1 is 0.957 bits per heavy atom. The van der Waals surface area contributed by atoms with Gasteiger partial charge in [0.2, 0.25) is 0 Å². The van der Waals surface area contributed by atoms with Crippen LogP contribution in [0.5, 0.6) is 11.5 Å². The van der Waals surface area contributed by atoms with E-state index in [-0.39, 0.29) is 11.5 Å². The summed E-state index contributed by atoms with van der Waals surface area (Å²) in [7, 11) is 0. The molecule has 2 aliphatic heterocycles. The normalized spacial score (nSPS) is 22.8. The quantitative estimate of drug-likeness (QED) is 0.776. The van der Waals surface area contributed by atoms with Crippen LogP contribution in [0.4, 0.5) is 17.6 Å². The zero-order valence-electron chi connectivity index (χ0n) is 12.7. The van der Waals surface area contributed by atoms with Crippen molar-refractivity contribution in [3.8, 4) is 11.5 Å². The fourth-order valence-corrected chi connectivity index (χ4v) is 3.02. The number of aryl methyl sites for hydroxylation is 1. The topological polar surface area (TPSA) is 21.7 Å². The molecule has 0 aromatic heterocycles. The Morgan fingerprint density at radius 2 is 1.61 bits per heavy atom. The smallest absolute Gasteiger partial charge is 0.407 e. The first-order valence-electron chi connectivity index (χ1n) is 7.82. The van der Waals surface area contributed by atoms with Gasteiger partial charge in [-0.1, -0.05) is 6.07 Å². The summed E-state index contributed by atoms with van der Waals surface area (Å²) in [6.45, 7) is 3.15. The van der Waals surface area contributed by atoms with Gasteiger partial charge in [-0.25, -0.2) is 0 Å². The third-order valence-electron chi connectivity index (χ3n) is 4.08. The molecule has 2 aliphatic rings. The number of fused-ring (bicyclic) bond motifs is 1. The monoisotopic (exact) mass is 333 g/mol. The fourth-order valence-electron chi connectivity index (χ4n) is 3.02. The standard InChI is InChI=1S/C16H19F4NO2/c17-15(18)11-16(19,20)23-14-10-12(5-6-13(14)22-15)4-3-9-21-7-1-2-8-21/h5-6,10H,1-4,7-9,11H2. The molecule has 1 saturated heterocycles. The maximum atomic E-state index is 13.4. The van der Waals surface area contributed by atoms with E-state index in [4.69, 9.17) is 0 Å². The van der Waals surface area contributed by atoms with Crippen molar-refractivity contribution >= 4 is 0 Å². The Labute approximate surface area is 132 Å². The molecular weight excluding hydrogens is 314 g/mol. The lowest BCUT2D eigenvalue weighted by Crippen LogP contribution is -2.34. The van der Waals surface area contributed by atoms with Crippen LogP contribution in [-0.2, 0) is 6.42 Å². The third kappa shape index (κ3) is 4.28.